The van der Waals surface area contributed by atoms with Gasteiger partial charge in [-0.3, -0.25) is 0 Å². The van der Waals surface area contributed by atoms with E-state index in [1.807, 2.05) is 20.8 Å². The maximum atomic E-state index is 12.3. The largest absolute Gasteiger partial charge is 0.506 e. The Morgan fingerprint density at radius 3 is 2.82 bits per heavy atom. The van der Waals surface area contributed by atoms with E-state index in [9.17, 15) is 9.90 Å². The van der Waals surface area contributed by atoms with Gasteiger partial charge in [-0.25, -0.2) is 9.78 Å². The molecule has 2 aliphatic rings. The molecular weight excluding hydrogens is 282 g/mol. The van der Waals surface area contributed by atoms with Crippen molar-refractivity contribution in [2.45, 2.75) is 51.8 Å². The van der Waals surface area contributed by atoms with Gasteiger partial charge >= 0.3 is 6.09 Å². The highest BCUT2D eigenvalue weighted by Crippen LogP contribution is 2.36. The van der Waals surface area contributed by atoms with Gasteiger partial charge in [0.05, 0.1) is 12.2 Å². The predicted molar refractivity (Wildman–Crippen MR) is 83.1 cm³/mol. The van der Waals surface area contributed by atoms with Gasteiger partial charge in [-0.2, -0.15) is 0 Å². The fraction of sp³-hybridized carbons (Fsp3) is 0.625. The first-order valence-corrected chi connectivity index (χ1v) is 7.69. The third kappa shape index (κ3) is 2.69. The Labute approximate surface area is 130 Å². The van der Waals surface area contributed by atoms with Gasteiger partial charge < -0.3 is 19.6 Å². The molecule has 1 fully saturated rings. The van der Waals surface area contributed by atoms with Crippen molar-refractivity contribution in [3.8, 4) is 5.75 Å². The van der Waals surface area contributed by atoms with Crippen molar-refractivity contribution in [1.29, 1.82) is 0 Å². The first-order chi connectivity index (χ1) is 10.2. The van der Waals surface area contributed by atoms with Gasteiger partial charge in [-0.05, 0) is 40.2 Å². The maximum Gasteiger partial charge on any atom is 0.410 e. The average Bonchev–Trinajstić information content (AvgIpc) is 2.74. The van der Waals surface area contributed by atoms with Crippen LogP contribution in [0.5, 0.6) is 5.75 Å². The number of piperazine rings is 1. The van der Waals surface area contributed by atoms with Crippen molar-refractivity contribution in [3.05, 3.63) is 17.8 Å². The van der Waals surface area contributed by atoms with Gasteiger partial charge in [-0.1, -0.05) is 0 Å². The molecule has 6 nitrogen and oxygen atoms in total. The van der Waals surface area contributed by atoms with E-state index < -0.39 is 5.60 Å². The van der Waals surface area contributed by atoms with Crippen LogP contribution in [0, 0.1) is 0 Å². The minimum Gasteiger partial charge on any atom is -0.506 e. The molecule has 1 saturated heterocycles. The molecule has 1 N–H and O–H groups in total. The van der Waals surface area contributed by atoms with E-state index in [1.54, 1.807) is 11.0 Å². The van der Waals surface area contributed by atoms with E-state index in [-0.39, 0.29) is 23.9 Å². The molecule has 3 heterocycles. The smallest absolute Gasteiger partial charge is 0.410 e. The highest BCUT2D eigenvalue weighted by atomic mass is 16.6. The summed E-state index contributed by atoms with van der Waals surface area (Å²) in [5.41, 5.74) is 0.562. The summed E-state index contributed by atoms with van der Waals surface area (Å²) in [6.07, 6.45) is 2.01. The van der Waals surface area contributed by atoms with Crippen LogP contribution in [-0.2, 0) is 11.2 Å². The van der Waals surface area contributed by atoms with Gasteiger partial charge in [0, 0.05) is 24.7 Å². The minimum atomic E-state index is -0.483. The Morgan fingerprint density at radius 2 is 2.14 bits per heavy atom. The molecule has 1 aromatic rings. The van der Waals surface area contributed by atoms with E-state index in [1.165, 1.54) is 6.20 Å². The quantitative estimate of drug-likeness (QED) is 0.795. The summed E-state index contributed by atoms with van der Waals surface area (Å²) in [6, 6.07) is 2.13. The fourth-order valence-corrected chi connectivity index (χ4v) is 3.33. The van der Waals surface area contributed by atoms with E-state index in [0.717, 1.165) is 17.8 Å². The molecule has 0 saturated carbocycles. The molecule has 0 unspecified atom stereocenters. The van der Waals surface area contributed by atoms with E-state index in [0.29, 0.717) is 13.1 Å². The van der Waals surface area contributed by atoms with E-state index in [4.69, 9.17) is 4.74 Å². The molecule has 0 radical (unpaired) electrons. The lowest BCUT2D eigenvalue weighted by Crippen LogP contribution is -2.58. The van der Waals surface area contributed by atoms with Crippen molar-refractivity contribution in [1.82, 2.24) is 9.88 Å². The van der Waals surface area contributed by atoms with E-state index in [2.05, 4.69) is 16.8 Å². The van der Waals surface area contributed by atoms with Crippen molar-refractivity contribution >= 4 is 11.9 Å². The maximum absolute atomic E-state index is 12.3. The number of amides is 1. The van der Waals surface area contributed by atoms with Gasteiger partial charge in [0.2, 0.25) is 0 Å². The van der Waals surface area contributed by atoms with Crippen molar-refractivity contribution in [3.63, 3.8) is 0 Å². The van der Waals surface area contributed by atoms with Crippen molar-refractivity contribution in [2.24, 2.45) is 0 Å². The number of fused-ring (bicyclic) bond motifs is 3. The van der Waals surface area contributed by atoms with Crippen LogP contribution in [0.15, 0.2) is 12.3 Å². The summed E-state index contributed by atoms with van der Waals surface area (Å²) in [4.78, 5) is 20.7. The molecule has 6 heteroatoms. The van der Waals surface area contributed by atoms with Crippen LogP contribution < -0.4 is 4.90 Å². The SMILES string of the molecule is C[C@@H]1CN(C(=O)OC(C)(C)C)C[C@H]2Cc3cc(O)cnc3N21. The zero-order chi connectivity index (χ0) is 16.1. The Balaban J connectivity index is 1.77. The van der Waals surface area contributed by atoms with Gasteiger partial charge in [0.1, 0.15) is 17.2 Å². The highest BCUT2D eigenvalue weighted by Gasteiger charge is 2.41. The monoisotopic (exact) mass is 305 g/mol. The number of carbonyl (C=O) groups excluding carboxylic acids is 1. The second-order valence-corrected chi connectivity index (χ2v) is 7.18. The average molecular weight is 305 g/mol. The normalized spacial score (nSPS) is 24.0. The molecule has 0 aliphatic carbocycles. The number of aromatic nitrogens is 1. The van der Waals surface area contributed by atoms with Gasteiger partial charge in [0.25, 0.3) is 0 Å². The molecule has 1 amide bonds. The Morgan fingerprint density at radius 1 is 1.41 bits per heavy atom. The number of aromatic hydroxyl groups is 1. The minimum absolute atomic E-state index is 0.171. The van der Waals surface area contributed by atoms with Crippen molar-refractivity contribution in [2.75, 3.05) is 18.0 Å². The topological polar surface area (TPSA) is 65.9 Å². The van der Waals surface area contributed by atoms with Gasteiger partial charge in [0.15, 0.2) is 0 Å². The molecule has 0 aromatic carbocycles. The summed E-state index contributed by atoms with van der Waals surface area (Å²) in [7, 11) is 0. The van der Waals surface area contributed by atoms with E-state index >= 15 is 0 Å². The molecule has 22 heavy (non-hydrogen) atoms. The molecular formula is C16H23N3O3. The fourth-order valence-electron chi connectivity index (χ4n) is 3.33. The van der Waals surface area contributed by atoms with Crippen LogP contribution in [0.1, 0.15) is 33.3 Å². The van der Waals surface area contributed by atoms with Crippen LogP contribution in [0.2, 0.25) is 0 Å². The lowest BCUT2D eigenvalue weighted by Gasteiger charge is -2.43. The zero-order valence-corrected chi connectivity index (χ0v) is 13.5. The number of anilines is 1. The number of rotatable bonds is 0. The highest BCUT2D eigenvalue weighted by molar-refractivity contribution is 5.69. The number of hydrogen-bond acceptors (Lipinski definition) is 5. The molecule has 2 aliphatic heterocycles. The summed E-state index contributed by atoms with van der Waals surface area (Å²) < 4.78 is 5.48. The number of pyridine rings is 1. The van der Waals surface area contributed by atoms with Crippen LogP contribution in [0.3, 0.4) is 0 Å². The predicted octanol–water partition coefficient (Wildman–Crippen LogP) is 2.16. The molecule has 120 valence electrons. The summed E-state index contributed by atoms with van der Waals surface area (Å²) >= 11 is 0. The Kier molecular flexibility index (Phi) is 3.42. The summed E-state index contributed by atoms with van der Waals surface area (Å²) in [5.74, 6) is 1.12. The molecule has 3 rings (SSSR count). The summed E-state index contributed by atoms with van der Waals surface area (Å²) in [5, 5.41) is 9.60. The summed E-state index contributed by atoms with van der Waals surface area (Å²) in [6.45, 7) is 8.96. The second-order valence-electron chi connectivity index (χ2n) is 7.18. The van der Waals surface area contributed by atoms with Crippen LogP contribution in [-0.4, -0.2) is 51.9 Å². The number of carbonyl (C=O) groups is 1. The Bertz CT molecular complexity index is 597. The van der Waals surface area contributed by atoms with Crippen LogP contribution in [0.4, 0.5) is 10.6 Å². The lowest BCUT2D eigenvalue weighted by molar-refractivity contribution is 0.0191. The Hall–Kier alpha value is -1.98. The third-order valence-electron chi connectivity index (χ3n) is 4.06. The third-order valence-corrected chi connectivity index (χ3v) is 4.06. The molecule has 1 aromatic heterocycles. The zero-order valence-electron chi connectivity index (χ0n) is 13.5. The second kappa shape index (κ2) is 5.04. The first-order valence-electron chi connectivity index (χ1n) is 7.69. The standard InChI is InChI=1S/C16H23N3O3/c1-10-8-18(15(21)22-16(2,3)4)9-12-5-11-6-13(20)7-17-14(11)19(10)12/h6-7,10,12,20H,5,8-9H2,1-4H3/t10-,12-/m1/s1. The number of hydrogen-bond donors (Lipinski definition) is 1. The van der Waals surface area contributed by atoms with Crippen molar-refractivity contribution < 1.29 is 14.6 Å². The van der Waals surface area contributed by atoms with Crippen LogP contribution >= 0.6 is 0 Å². The number of ether oxygens (including phenoxy) is 1. The van der Waals surface area contributed by atoms with Gasteiger partial charge in [-0.15, -0.1) is 0 Å². The number of nitrogens with zero attached hydrogens (tertiary/aromatic N) is 3. The molecule has 0 spiro atoms. The van der Waals surface area contributed by atoms with Crippen LogP contribution in [0.25, 0.3) is 0 Å². The molecule has 0 bridgehead atoms. The first kappa shape index (κ1) is 14.9. The lowest BCUT2D eigenvalue weighted by atomic mass is 10.1. The molecule has 2 atom stereocenters.